The number of hydrogen-bond donors (Lipinski definition) is 1. The van der Waals surface area contributed by atoms with Crippen LogP contribution in [0.1, 0.15) is 38.2 Å². The highest BCUT2D eigenvalue weighted by atomic mass is 32.2. The first-order chi connectivity index (χ1) is 15.9. The summed E-state index contributed by atoms with van der Waals surface area (Å²) in [7, 11) is -3.61. The Morgan fingerprint density at radius 1 is 1.09 bits per heavy atom. The average Bonchev–Trinajstić information content (AvgIpc) is 3.47. The first-order valence-electron chi connectivity index (χ1n) is 11.9. The van der Waals surface area contributed by atoms with Crippen molar-refractivity contribution in [2.24, 2.45) is 0 Å². The zero-order valence-electron chi connectivity index (χ0n) is 19.3. The summed E-state index contributed by atoms with van der Waals surface area (Å²) in [6, 6.07) is 5.20. The quantitative estimate of drug-likeness (QED) is 0.598. The minimum Gasteiger partial charge on any atom is -0.378 e. The highest BCUT2D eigenvalue weighted by Crippen LogP contribution is 2.31. The smallest absolute Gasteiger partial charge is 0.240 e. The molecule has 10 heteroatoms. The lowest BCUT2D eigenvalue weighted by Gasteiger charge is -2.27. The minimum atomic E-state index is -3.61. The third kappa shape index (κ3) is 5.56. The number of carbonyl (C=O) groups excluding carboxylic acids is 2. The molecule has 3 heterocycles. The van der Waals surface area contributed by atoms with Crippen LogP contribution in [-0.4, -0.2) is 88.6 Å². The molecular weight excluding hydrogens is 444 g/mol. The Kier molecular flexibility index (Phi) is 7.68. The Morgan fingerprint density at radius 3 is 2.61 bits per heavy atom. The minimum absolute atomic E-state index is 0.0255. The molecule has 0 unspecified atom stereocenters. The van der Waals surface area contributed by atoms with Crippen LogP contribution >= 0.6 is 0 Å². The second kappa shape index (κ2) is 10.5. The van der Waals surface area contributed by atoms with Crippen LogP contribution in [0.5, 0.6) is 0 Å². The average molecular weight is 479 g/mol. The summed E-state index contributed by atoms with van der Waals surface area (Å²) in [6.07, 6.45) is 3.03. The molecule has 1 aromatic carbocycles. The molecule has 2 amide bonds. The zero-order chi connectivity index (χ0) is 23.4. The van der Waals surface area contributed by atoms with E-state index in [2.05, 4.69) is 16.5 Å². The van der Waals surface area contributed by atoms with Crippen LogP contribution in [0.25, 0.3) is 0 Å². The number of likely N-dealkylation sites (tertiary alicyclic amines) is 1. The highest BCUT2D eigenvalue weighted by Gasteiger charge is 2.29. The molecule has 182 valence electrons. The van der Waals surface area contributed by atoms with Crippen molar-refractivity contribution in [2.75, 3.05) is 57.4 Å². The molecule has 0 aliphatic carbocycles. The van der Waals surface area contributed by atoms with E-state index in [9.17, 15) is 18.0 Å². The van der Waals surface area contributed by atoms with E-state index >= 15 is 0 Å². The van der Waals surface area contributed by atoms with E-state index in [1.165, 1.54) is 0 Å². The lowest BCUT2D eigenvalue weighted by molar-refractivity contribution is -0.136. The number of carbonyl (C=O) groups is 2. The summed E-state index contributed by atoms with van der Waals surface area (Å²) in [4.78, 5) is 31.1. The van der Waals surface area contributed by atoms with Gasteiger partial charge in [-0.05, 0) is 56.1 Å². The molecule has 0 spiro atoms. The monoisotopic (exact) mass is 478 g/mol. The van der Waals surface area contributed by atoms with Gasteiger partial charge in [0.05, 0.1) is 18.1 Å². The van der Waals surface area contributed by atoms with E-state index in [1.54, 1.807) is 28.0 Å². The molecule has 1 aromatic rings. The molecule has 2 fully saturated rings. The van der Waals surface area contributed by atoms with Gasteiger partial charge in [-0.15, -0.1) is 0 Å². The van der Waals surface area contributed by atoms with Gasteiger partial charge in [0.15, 0.2) is 0 Å². The van der Waals surface area contributed by atoms with Crippen LogP contribution in [0.4, 0.5) is 5.69 Å². The predicted octanol–water partition coefficient (Wildman–Crippen LogP) is 0.977. The van der Waals surface area contributed by atoms with Crippen molar-refractivity contribution in [1.29, 1.82) is 0 Å². The van der Waals surface area contributed by atoms with E-state index in [-0.39, 0.29) is 35.6 Å². The molecule has 3 aliphatic rings. The molecule has 0 radical (unpaired) electrons. The molecule has 3 aliphatic heterocycles. The van der Waals surface area contributed by atoms with Crippen LogP contribution in [0.3, 0.4) is 0 Å². The SMILES string of the molecule is CCN1CCC[C@@H]1CNS(=O)(=O)c1ccc2c(c1)CCN2C(=O)CCC(=O)N1CCOCC1. The number of rotatable bonds is 8. The summed E-state index contributed by atoms with van der Waals surface area (Å²) in [6.45, 7) is 7.17. The normalized spacial score (nSPS) is 21.4. The van der Waals surface area contributed by atoms with Crippen molar-refractivity contribution in [2.45, 2.75) is 50.0 Å². The molecular formula is C23H34N4O5S. The molecule has 0 bridgehead atoms. The molecule has 1 atom stereocenters. The summed E-state index contributed by atoms with van der Waals surface area (Å²) in [5.74, 6) is -0.132. The van der Waals surface area contributed by atoms with Gasteiger partial charge in [-0.3, -0.25) is 14.5 Å². The molecule has 0 aromatic heterocycles. The van der Waals surface area contributed by atoms with Crippen molar-refractivity contribution in [3.63, 3.8) is 0 Å². The molecule has 1 N–H and O–H groups in total. The van der Waals surface area contributed by atoms with Crippen molar-refractivity contribution in [3.8, 4) is 0 Å². The maximum absolute atomic E-state index is 12.9. The second-order valence-corrected chi connectivity index (χ2v) is 10.6. The number of sulfonamides is 1. The van der Waals surface area contributed by atoms with E-state index in [4.69, 9.17) is 4.74 Å². The van der Waals surface area contributed by atoms with E-state index in [0.29, 0.717) is 45.8 Å². The number of likely N-dealkylation sites (N-methyl/N-ethyl adjacent to an activating group) is 1. The van der Waals surface area contributed by atoms with E-state index in [1.807, 2.05) is 0 Å². The largest absolute Gasteiger partial charge is 0.378 e. The van der Waals surface area contributed by atoms with Gasteiger partial charge in [0.2, 0.25) is 21.8 Å². The summed E-state index contributed by atoms with van der Waals surface area (Å²) in [5, 5.41) is 0. The molecule has 0 saturated carbocycles. The fourth-order valence-corrected chi connectivity index (χ4v) is 6.08. The second-order valence-electron chi connectivity index (χ2n) is 8.86. The summed E-state index contributed by atoms with van der Waals surface area (Å²) >= 11 is 0. The van der Waals surface area contributed by atoms with Gasteiger partial charge in [-0.25, -0.2) is 13.1 Å². The van der Waals surface area contributed by atoms with Gasteiger partial charge in [0.1, 0.15) is 0 Å². The van der Waals surface area contributed by atoms with Crippen molar-refractivity contribution < 1.29 is 22.7 Å². The maximum Gasteiger partial charge on any atom is 0.240 e. The Labute approximate surface area is 196 Å². The van der Waals surface area contributed by atoms with Crippen molar-refractivity contribution in [1.82, 2.24) is 14.5 Å². The lowest BCUT2D eigenvalue weighted by Crippen LogP contribution is -2.41. The lowest BCUT2D eigenvalue weighted by atomic mass is 10.2. The number of nitrogens with zero attached hydrogens (tertiary/aromatic N) is 3. The van der Waals surface area contributed by atoms with Gasteiger partial charge >= 0.3 is 0 Å². The van der Waals surface area contributed by atoms with Gasteiger partial charge < -0.3 is 14.5 Å². The number of ether oxygens (including phenoxy) is 1. The number of anilines is 1. The van der Waals surface area contributed by atoms with Gasteiger partial charge in [0, 0.05) is 50.7 Å². The molecule has 2 saturated heterocycles. The standard InChI is InChI=1S/C23H34N4O5S/c1-2-25-10-3-4-19(25)17-24-33(30,31)20-5-6-21-18(16-20)9-11-27(21)23(29)8-7-22(28)26-12-14-32-15-13-26/h5-6,16,19,24H,2-4,7-15,17H2,1H3/t19-/m1/s1. The number of nitrogens with one attached hydrogen (secondary N) is 1. The van der Waals surface area contributed by atoms with Crippen molar-refractivity contribution in [3.05, 3.63) is 23.8 Å². The first kappa shape index (κ1) is 24.1. The molecule has 33 heavy (non-hydrogen) atoms. The van der Waals surface area contributed by atoms with Gasteiger partial charge in [-0.1, -0.05) is 6.92 Å². The maximum atomic E-state index is 12.9. The van der Waals surface area contributed by atoms with Crippen LogP contribution in [-0.2, 0) is 30.8 Å². The van der Waals surface area contributed by atoms with Crippen molar-refractivity contribution >= 4 is 27.5 Å². The Morgan fingerprint density at radius 2 is 1.85 bits per heavy atom. The van der Waals surface area contributed by atoms with Crippen LogP contribution in [0.2, 0.25) is 0 Å². The van der Waals surface area contributed by atoms with Crippen LogP contribution in [0.15, 0.2) is 23.1 Å². The topological polar surface area (TPSA) is 99.3 Å². The fourth-order valence-electron chi connectivity index (χ4n) is 4.96. The Hall–Kier alpha value is -2.01. The highest BCUT2D eigenvalue weighted by molar-refractivity contribution is 7.89. The first-order valence-corrected chi connectivity index (χ1v) is 13.4. The number of amides is 2. The van der Waals surface area contributed by atoms with E-state index < -0.39 is 10.0 Å². The predicted molar refractivity (Wildman–Crippen MR) is 125 cm³/mol. The van der Waals surface area contributed by atoms with Crippen LogP contribution in [0, 0.1) is 0 Å². The Bertz CT molecular complexity index is 977. The number of fused-ring (bicyclic) bond motifs is 1. The number of benzene rings is 1. The van der Waals surface area contributed by atoms with Gasteiger partial charge in [-0.2, -0.15) is 0 Å². The molecule has 4 rings (SSSR count). The number of morpholine rings is 1. The third-order valence-electron chi connectivity index (χ3n) is 6.89. The number of hydrogen-bond acceptors (Lipinski definition) is 6. The fraction of sp³-hybridized carbons (Fsp3) is 0.652. The van der Waals surface area contributed by atoms with Gasteiger partial charge in [0.25, 0.3) is 0 Å². The summed E-state index contributed by atoms with van der Waals surface area (Å²) in [5.41, 5.74) is 1.59. The van der Waals surface area contributed by atoms with E-state index in [0.717, 1.165) is 37.2 Å². The third-order valence-corrected chi connectivity index (χ3v) is 8.31. The van der Waals surface area contributed by atoms with Crippen LogP contribution < -0.4 is 9.62 Å². The summed E-state index contributed by atoms with van der Waals surface area (Å²) < 4.78 is 33.8. The zero-order valence-corrected chi connectivity index (χ0v) is 20.1. The molecule has 9 nitrogen and oxygen atoms in total. The Balaban J connectivity index is 1.35.